The van der Waals surface area contributed by atoms with Crippen LogP contribution in [0.2, 0.25) is 0 Å². The van der Waals surface area contributed by atoms with Crippen molar-refractivity contribution in [2.45, 2.75) is 6.92 Å². The Morgan fingerprint density at radius 3 is 2.63 bits per heavy atom. The number of carbonyl (C=O) groups is 1. The quantitative estimate of drug-likeness (QED) is 0.921. The first-order chi connectivity index (χ1) is 9.19. The van der Waals surface area contributed by atoms with E-state index in [4.69, 9.17) is 4.74 Å². The molecule has 0 bridgehead atoms. The highest BCUT2D eigenvalue weighted by atomic mass is 79.9. The molecule has 0 heterocycles. The fraction of sp³-hybridized carbons (Fsp3) is 0.133. The lowest BCUT2D eigenvalue weighted by atomic mass is 10.2. The zero-order valence-electron chi connectivity index (χ0n) is 10.5. The summed E-state index contributed by atoms with van der Waals surface area (Å²) in [5, 5.41) is 2.84. The molecule has 2 aromatic carbocycles. The van der Waals surface area contributed by atoms with Crippen LogP contribution in [-0.2, 0) is 0 Å². The summed E-state index contributed by atoms with van der Waals surface area (Å²) in [5.74, 6) is 0.609. The Bertz CT molecular complexity index is 567. The topological polar surface area (TPSA) is 38.3 Å². The minimum Gasteiger partial charge on any atom is -0.494 e. The molecule has 98 valence electrons. The van der Waals surface area contributed by atoms with Gasteiger partial charge in [0.1, 0.15) is 5.75 Å². The van der Waals surface area contributed by atoms with Crippen LogP contribution in [-0.4, -0.2) is 12.5 Å². The summed E-state index contributed by atoms with van der Waals surface area (Å²) in [7, 11) is 0. The zero-order valence-corrected chi connectivity index (χ0v) is 12.1. The first kappa shape index (κ1) is 13.6. The summed E-state index contributed by atoms with van der Waals surface area (Å²) in [4.78, 5) is 12.0. The van der Waals surface area contributed by atoms with Gasteiger partial charge in [-0.05, 0) is 43.3 Å². The van der Waals surface area contributed by atoms with Crippen LogP contribution in [0, 0.1) is 0 Å². The van der Waals surface area contributed by atoms with Crippen LogP contribution in [0.4, 0.5) is 5.69 Å². The molecule has 0 saturated heterocycles. The fourth-order valence-electron chi connectivity index (χ4n) is 1.63. The molecular formula is C15H14BrNO2. The SMILES string of the molecule is CCOc1cccc(NC(=O)c2ccc(Br)cc2)c1. The first-order valence-electron chi connectivity index (χ1n) is 5.99. The van der Waals surface area contributed by atoms with E-state index in [1.54, 1.807) is 18.2 Å². The molecule has 0 atom stereocenters. The third-order valence-corrected chi connectivity index (χ3v) is 3.04. The summed E-state index contributed by atoms with van der Waals surface area (Å²) in [6, 6.07) is 14.6. The van der Waals surface area contributed by atoms with Gasteiger partial charge in [0, 0.05) is 21.8 Å². The maximum Gasteiger partial charge on any atom is 0.255 e. The summed E-state index contributed by atoms with van der Waals surface area (Å²) < 4.78 is 6.34. The second-order valence-corrected chi connectivity index (χ2v) is 4.84. The number of ether oxygens (including phenoxy) is 1. The molecule has 19 heavy (non-hydrogen) atoms. The first-order valence-corrected chi connectivity index (χ1v) is 6.78. The lowest BCUT2D eigenvalue weighted by Gasteiger charge is -2.08. The van der Waals surface area contributed by atoms with Gasteiger partial charge < -0.3 is 10.1 Å². The average molecular weight is 320 g/mol. The van der Waals surface area contributed by atoms with Crippen molar-refractivity contribution < 1.29 is 9.53 Å². The monoisotopic (exact) mass is 319 g/mol. The normalized spacial score (nSPS) is 10.0. The lowest BCUT2D eigenvalue weighted by molar-refractivity contribution is 0.102. The van der Waals surface area contributed by atoms with Crippen molar-refractivity contribution in [2.24, 2.45) is 0 Å². The highest BCUT2D eigenvalue weighted by Crippen LogP contribution is 2.18. The third-order valence-electron chi connectivity index (χ3n) is 2.51. The second kappa shape index (κ2) is 6.38. The number of hydrogen-bond donors (Lipinski definition) is 1. The fourth-order valence-corrected chi connectivity index (χ4v) is 1.90. The maximum atomic E-state index is 12.0. The number of nitrogens with one attached hydrogen (secondary N) is 1. The Labute approximate surface area is 120 Å². The Kier molecular flexibility index (Phi) is 4.58. The van der Waals surface area contributed by atoms with Crippen LogP contribution in [0.5, 0.6) is 5.75 Å². The number of benzene rings is 2. The van der Waals surface area contributed by atoms with Crippen LogP contribution < -0.4 is 10.1 Å². The number of rotatable bonds is 4. The number of amides is 1. The van der Waals surface area contributed by atoms with E-state index < -0.39 is 0 Å². The summed E-state index contributed by atoms with van der Waals surface area (Å²) in [6.07, 6.45) is 0. The molecule has 1 N–H and O–H groups in total. The van der Waals surface area contributed by atoms with Gasteiger partial charge in [0.15, 0.2) is 0 Å². The summed E-state index contributed by atoms with van der Waals surface area (Å²) in [6.45, 7) is 2.52. The predicted octanol–water partition coefficient (Wildman–Crippen LogP) is 4.10. The summed E-state index contributed by atoms with van der Waals surface area (Å²) in [5.41, 5.74) is 1.34. The van der Waals surface area contributed by atoms with Crippen molar-refractivity contribution in [3.63, 3.8) is 0 Å². The van der Waals surface area contributed by atoms with Gasteiger partial charge in [-0.15, -0.1) is 0 Å². The van der Waals surface area contributed by atoms with Gasteiger partial charge in [-0.1, -0.05) is 22.0 Å². The molecule has 3 nitrogen and oxygen atoms in total. The van der Waals surface area contributed by atoms with Gasteiger partial charge in [0.2, 0.25) is 0 Å². The highest BCUT2D eigenvalue weighted by molar-refractivity contribution is 9.10. The molecule has 2 aromatic rings. The smallest absolute Gasteiger partial charge is 0.255 e. The highest BCUT2D eigenvalue weighted by Gasteiger charge is 2.06. The van der Waals surface area contributed by atoms with Crippen molar-refractivity contribution in [1.82, 2.24) is 0 Å². The van der Waals surface area contributed by atoms with E-state index >= 15 is 0 Å². The van der Waals surface area contributed by atoms with E-state index in [9.17, 15) is 4.79 Å². The predicted molar refractivity (Wildman–Crippen MR) is 79.7 cm³/mol. The van der Waals surface area contributed by atoms with Crippen molar-refractivity contribution in [1.29, 1.82) is 0 Å². The van der Waals surface area contributed by atoms with Gasteiger partial charge in [-0.2, -0.15) is 0 Å². The van der Waals surface area contributed by atoms with Crippen molar-refractivity contribution in [3.8, 4) is 5.75 Å². The van der Waals surface area contributed by atoms with E-state index in [1.807, 2.05) is 37.3 Å². The molecular weight excluding hydrogens is 306 g/mol. The standard InChI is InChI=1S/C15H14BrNO2/c1-2-19-14-5-3-4-13(10-14)17-15(18)11-6-8-12(16)9-7-11/h3-10H,2H2,1H3,(H,17,18). The molecule has 0 unspecified atom stereocenters. The molecule has 0 radical (unpaired) electrons. The zero-order chi connectivity index (χ0) is 13.7. The minimum absolute atomic E-state index is 0.138. The van der Waals surface area contributed by atoms with E-state index in [-0.39, 0.29) is 5.91 Å². The number of halogens is 1. The molecule has 4 heteroatoms. The molecule has 0 fully saturated rings. The minimum atomic E-state index is -0.138. The van der Waals surface area contributed by atoms with E-state index in [0.29, 0.717) is 12.2 Å². The van der Waals surface area contributed by atoms with Gasteiger partial charge in [-0.3, -0.25) is 4.79 Å². The van der Waals surface area contributed by atoms with Crippen LogP contribution in [0.1, 0.15) is 17.3 Å². The van der Waals surface area contributed by atoms with E-state index in [0.717, 1.165) is 15.9 Å². The largest absolute Gasteiger partial charge is 0.494 e. The molecule has 0 saturated carbocycles. The molecule has 2 rings (SSSR count). The number of anilines is 1. The van der Waals surface area contributed by atoms with Gasteiger partial charge in [0.25, 0.3) is 5.91 Å². The number of carbonyl (C=O) groups excluding carboxylic acids is 1. The molecule has 0 spiro atoms. The van der Waals surface area contributed by atoms with Crippen LogP contribution >= 0.6 is 15.9 Å². The van der Waals surface area contributed by atoms with Gasteiger partial charge in [-0.25, -0.2) is 0 Å². The van der Waals surface area contributed by atoms with Gasteiger partial charge in [0.05, 0.1) is 6.61 Å². The maximum absolute atomic E-state index is 12.0. The third kappa shape index (κ3) is 3.83. The number of hydrogen-bond acceptors (Lipinski definition) is 2. The lowest BCUT2D eigenvalue weighted by Crippen LogP contribution is -2.11. The Balaban J connectivity index is 2.10. The van der Waals surface area contributed by atoms with Crippen molar-refractivity contribution in [3.05, 3.63) is 58.6 Å². The Morgan fingerprint density at radius 1 is 1.21 bits per heavy atom. The molecule has 0 aliphatic heterocycles. The van der Waals surface area contributed by atoms with Crippen LogP contribution in [0.25, 0.3) is 0 Å². The van der Waals surface area contributed by atoms with Crippen molar-refractivity contribution >= 4 is 27.5 Å². The Morgan fingerprint density at radius 2 is 1.95 bits per heavy atom. The molecule has 0 aromatic heterocycles. The van der Waals surface area contributed by atoms with Crippen LogP contribution in [0.3, 0.4) is 0 Å². The second-order valence-electron chi connectivity index (χ2n) is 3.92. The Hall–Kier alpha value is -1.81. The van der Waals surface area contributed by atoms with E-state index in [2.05, 4.69) is 21.2 Å². The van der Waals surface area contributed by atoms with Crippen molar-refractivity contribution in [2.75, 3.05) is 11.9 Å². The summed E-state index contributed by atoms with van der Waals surface area (Å²) >= 11 is 3.34. The molecule has 1 amide bonds. The molecule has 0 aliphatic rings. The average Bonchev–Trinajstić information content (AvgIpc) is 2.40. The van der Waals surface area contributed by atoms with Crippen LogP contribution in [0.15, 0.2) is 53.0 Å². The molecule has 0 aliphatic carbocycles. The van der Waals surface area contributed by atoms with Gasteiger partial charge >= 0.3 is 0 Å². The van der Waals surface area contributed by atoms with E-state index in [1.165, 1.54) is 0 Å².